The molecule has 2 aromatic carbocycles. The van der Waals surface area contributed by atoms with Crippen LogP contribution in [0.15, 0.2) is 71.5 Å². The van der Waals surface area contributed by atoms with Crippen LogP contribution in [0.5, 0.6) is 11.5 Å². The lowest BCUT2D eigenvalue weighted by Gasteiger charge is -2.17. The first kappa shape index (κ1) is 63.1. The van der Waals surface area contributed by atoms with E-state index in [9.17, 15) is 0 Å². The van der Waals surface area contributed by atoms with Crippen LogP contribution in [0.25, 0.3) is 22.3 Å². The molecule has 0 aliphatic carbocycles. The molecule has 73 heavy (non-hydrogen) atoms. The Morgan fingerprint density at radius 1 is 0.356 bits per heavy atom. The summed E-state index contributed by atoms with van der Waals surface area (Å²) in [5.74, 6) is 4.12. The van der Waals surface area contributed by atoms with E-state index in [-0.39, 0.29) is 0 Å². The quantitative estimate of drug-likeness (QED) is 0.0189. The van der Waals surface area contributed by atoms with Gasteiger partial charge in [0.2, 0.25) is 0 Å². The molecule has 0 unspecified atom stereocenters. The number of hydrogen-bond acceptors (Lipinski definition) is 7. The average molecular weight is 1070 g/mol. The molecule has 0 N–H and O–H groups in total. The lowest BCUT2D eigenvalue weighted by atomic mass is 9.98. The molecule has 0 saturated heterocycles. The van der Waals surface area contributed by atoms with E-state index < -0.39 is 16.1 Å². The monoisotopic (exact) mass is 1070 g/mol. The van der Waals surface area contributed by atoms with E-state index in [0.717, 1.165) is 70.1 Å². The predicted molar refractivity (Wildman–Crippen MR) is 330 cm³/mol. The maximum absolute atomic E-state index is 7.09. The highest BCUT2D eigenvalue weighted by Gasteiger charge is 2.16. The summed E-state index contributed by atoms with van der Waals surface area (Å²) < 4.78 is 7.09. The van der Waals surface area contributed by atoms with Crippen LogP contribution in [0.1, 0.15) is 218 Å². The van der Waals surface area contributed by atoms with Crippen molar-refractivity contribution < 1.29 is 4.74 Å². The summed E-state index contributed by atoms with van der Waals surface area (Å²) in [6.45, 7) is 19.6. The van der Waals surface area contributed by atoms with E-state index in [1.165, 1.54) is 214 Å². The molecule has 5 nitrogen and oxygen atoms in total. The van der Waals surface area contributed by atoms with Crippen molar-refractivity contribution in [1.29, 1.82) is 0 Å². The molecular formula is C64H106N4OS2Si2. The number of aromatic nitrogens is 4. The fourth-order valence-electron chi connectivity index (χ4n) is 9.81. The van der Waals surface area contributed by atoms with Crippen LogP contribution in [0.2, 0.25) is 51.4 Å². The van der Waals surface area contributed by atoms with Gasteiger partial charge in [-0.2, -0.15) is 0 Å². The van der Waals surface area contributed by atoms with Crippen molar-refractivity contribution in [2.75, 3.05) is 11.5 Å². The maximum atomic E-state index is 7.09. The lowest BCUT2D eigenvalue weighted by Crippen LogP contribution is -2.18. The number of rotatable bonds is 44. The Morgan fingerprint density at radius 2 is 0.658 bits per heavy atom. The molecule has 4 aromatic rings. The van der Waals surface area contributed by atoms with Crippen molar-refractivity contribution in [3.05, 3.63) is 72.3 Å². The zero-order chi connectivity index (χ0) is 52.3. The second-order valence-corrected chi connectivity index (χ2v) is 37.3. The first-order chi connectivity index (χ1) is 35.4. The number of nitrogens with zero attached hydrogens (tertiary/aromatic N) is 4. The Balaban J connectivity index is 1.45. The zero-order valence-electron chi connectivity index (χ0n) is 48.2. The predicted octanol–water partition coefficient (Wildman–Crippen LogP) is 22.1. The van der Waals surface area contributed by atoms with E-state index in [2.05, 4.69) is 89.5 Å². The molecule has 0 fully saturated rings. The van der Waals surface area contributed by atoms with Crippen LogP contribution in [-0.4, -0.2) is 47.6 Å². The maximum Gasteiger partial charge on any atom is 0.187 e. The molecule has 4 rings (SSSR count). The van der Waals surface area contributed by atoms with Crippen LogP contribution >= 0.6 is 23.5 Å². The molecular weight excluding hydrogens is 961 g/mol. The Labute approximate surface area is 460 Å². The minimum Gasteiger partial charge on any atom is -0.457 e. The second-order valence-electron chi connectivity index (χ2n) is 24.0. The first-order valence-corrected chi connectivity index (χ1v) is 39.7. The molecule has 0 atom stereocenters. The van der Waals surface area contributed by atoms with Gasteiger partial charge < -0.3 is 4.74 Å². The third-order valence-corrected chi connectivity index (χ3v) is 20.1. The Hall–Kier alpha value is -2.47. The number of hydrogen-bond donors (Lipinski definition) is 0. The first-order valence-electron chi connectivity index (χ1n) is 30.3. The highest BCUT2D eigenvalue weighted by atomic mass is 32.2. The molecule has 2 aromatic heterocycles. The van der Waals surface area contributed by atoms with Crippen LogP contribution in [0, 0.1) is 0 Å². The highest BCUT2D eigenvalue weighted by molar-refractivity contribution is 7.99. The molecule has 0 aliphatic heterocycles. The summed E-state index contributed by atoms with van der Waals surface area (Å²) in [5.41, 5.74) is 7.03. The molecule has 0 spiro atoms. The molecule has 9 heteroatoms. The number of unbranched alkanes of at least 4 members (excludes halogenated alkanes) is 26. The lowest BCUT2D eigenvalue weighted by molar-refractivity contribution is 0.466. The third kappa shape index (κ3) is 29.6. The highest BCUT2D eigenvalue weighted by Crippen LogP contribution is 2.36. The van der Waals surface area contributed by atoms with Gasteiger partial charge >= 0.3 is 0 Å². The Kier molecular flexibility index (Phi) is 33.0. The smallest absolute Gasteiger partial charge is 0.187 e. The topological polar surface area (TPSA) is 60.8 Å². The van der Waals surface area contributed by atoms with Gasteiger partial charge in [-0.3, -0.25) is 0 Å². The summed E-state index contributed by atoms with van der Waals surface area (Å²) in [7, 11) is -1.81. The largest absolute Gasteiger partial charge is 0.457 e. The molecule has 0 amide bonds. The van der Waals surface area contributed by atoms with Crippen molar-refractivity contribution in [1.82, 2.24) is 19.9 Å². The van der Waals surface area contributed by atoms with Crippen molar-refractivity contribution in [3.8, 4) is 33.8 Å². The van der Waals surface area contributed by atoms with Gasteiger partial charge in [-0.25, -0.2) is 19.9 Å². The molecule has 0 radical (unpaired) electrons. The minimum atomic E-state index is -0.904. The molecule has 408 valence electrons. The van der Waals surface area contributed by atoms with Crippen molar-refractivity contribution >= 4 is 39.7 Å². The zero-order valence-corrected chi connectivity index (χ0v) is 51.9. The van der Waals surface area contributed by atoms with Crippen molar-refractivity contribution in [2.24, 2.45) is 0 Å². The fourth-order valence-corrected chi connectivity index (χ4v) is 14.0. The van der Waals surface area contributed by atoms with Crippen LogP contribution in [-0.2, 0) is 12.8 Å². The molecule has 0 aliphatic rings. The van der Waals surface area contributed by atoms with Gasteiger partial charge in [0, 0.05) is 63.6 Å². The summed E-state index contributed by atoms with van der Waals surface area (Å²) in [4.78, 5) is 19.3. The van der Waals surface area contributed by atoms with Gasteiger partial charge in [0.15, 0.2) is 10.3 Å². The van der Waals surface area contributed by atoms with E-state index in [1.54, 1.807) is 23.5 Å². The average Bonchev–Trinajstić information content (AvgIpc) is 3.37. The fraction of sp³-hybridized carbons (Fsp3) is 0.688. The number of aryl methyl sites for hydroxylation is 2. The molecule has 0 saturated carbocycles. The number of benzene rings is 2. The van der Waals surface area contributed by atoms with E-state index in [0.29, 0.717) is 0 Å². The number of thioether (sulfide) groups is 2. The molecule has 0 bridgehead atoms. The van der Waals surface area contributed by atoms with Gasteiger partial charge in [0.1, 0.15) is 11.5 Å². The van der Waals surface area contributed by atoms with Gasteiger partial charge in [0.25, 0.3) is 0 Å². The Bertz CT molecular complexity index is 1860. The van der Waals surface area contributed by atoms with Crippen LogP contribution in [0.4, 0.5) is 0 Å². The standard InChI is InChI=1S/C64H106N4OS2Si2/c1-9-11-13-15-29-35-45-70-63-65-51-59(52-66-63)55-41-43-61(57(49-55)39-33-27-23-19-17-21-25-31-37-47-72(3,4)5)69-62-44-42-56(60-53-67-64(68-54-60)71-46-36-30-16-14-12-10-2)50-58(62)40-34-28-24-20-18-22-26-32-38-48-73(6,7)8/h41-44,49-54H,9-40,45-48H2,1-8H3. The normalized spacial score (nSPS) is 12.0. The van der Waals surface area contributed by atoms with Crippen molar-refractivity contribution in [2.45, 2.75) is 281 Å². The van der Waals surface area contributed by atoms with E-state index in [1.807, 2.05) is 24.8 Å². The van der Waals surface area contributed by atoms with Crippen molar-refractivity contribution in [3.63, 3.8) is 0 Å². The van der Waals surface area contributed by atoms with E-state index in [4.69, 9.17) is 24.7 Å². The summed E-state index contributed by atoms with van der Waals surface area (Å²) >= 11 is 3.58. The summed E-state index contributed by atoms with van der Waals surface area (Å²) in [6.07, 6.45) is 50.0. The van der Waals surface area contributed by atoms with E-state index >= 15 is 0 Å². The minimum absolute atomic E-state index is 0.883. The van der Waals surface area contributed by atoms with Gasteiger partial charge in [-0.05, 0) is 85.0 Å². The van der Waals surface area contributed by atoms with Gasteiger partial charge in [-0.15, -0.1) is 0 Å². The van der Waals surface area contributed by atoms with Gasteiger partial charge in [0.05, 0.1) is 0 Å². The third-order valence-electron chi connectivity index (χ3n) is 14.5. The van der Waals surface area contributed by atoms with Crippen LogP contribution < -0.4 is 4.74 Å². The summed E-state index contributed by atoms with van der Waals surface area (Å²) in [5, 5.41) is 1.77. The van der Waals surface area contributed by atoms with Gasteiger partial charge in [-0.1, -0.05) is 268 Å². The number of ether oxygens (including phenoxy) is 1. The molecule has 2 heterocycles. The Morgan fingerprint density at radius 3 is 0.986 bits per heavy atom. The second kappa shape index (κ2) is 38.1. The van der Waals surface area contributed by atoms with Crippen LogP contribution in [0.3, 0.4) is 0 Å². The SMILES string of the molecule is CCCCCCCCSc1ncc(-c2ccc(Oc3ccc(-c4cnc(SCCCCCCCC)nc4)cc3CCCCCCCCCCC[Si](C)(C)C)c(CCCCCCCCCCC[Si](C)(C)C)c2)cn1. The summed E-state index contributed by atoms with van der Waals surface area (Å²) in [6, 6.07) is 16.5.